The molecule has 2 aliphatic heterocycles. The molecular formula is C21H27N7O4S. The third-order valence-electron chi connectivity index (χ3n) is 5.78. The van der Waals surface area contributed by atoms with Crippen molar-refractivity contribution in [2.45, 2.75) is 23.8 Å². The second kappa shape index (κ2) is 9.32. The van der Waals surface area contributed by atoms with Crippen molar-refractivity contribution in [3.63, 3.8) is 0 Å². The Balaban J connectivity index is 1.51. The van der Waals surface area contributed by atoms with Crippen molar-refractivity contribution < 1.29 is 18.0 Å². The van der Waals surface area contributed by atoms with E-state index in [0.717, 1.165) is 25.6 Å². The quantitative estimate of drug-likeness (QED) is 0.435. The number of nitrogens with one attached hydrogen (secondary N) is 3. The van der Waals surface area contributed by atoms with E-state index < -0.39 is 15.7 Å². The van der Waals surface area contributed by atoms with Crippen molar-refractivity contribution in [3.8, 4) is 0 Å². The normalized spacial score (nSPS) is 18.9. The third kappa shape index (κ3) is 5.40. The highest BCUT2D eigenvalue weighted by molar-refractivity contribution is 7.90. The number of carbonyl (C=O) groups is 2. The predicted octanol–water partition coefficient (Wildman–Crippen LogP) is 0.0270. The van der Waals surface area contributed by atoms with E-state index in [1.54, 1.807) is 12.1 Å². The summed E-state index contributed by atoms with van der Waals surface area (Å²) in [5.74, 6) is 0.0936. The maximum absolute atomic E-state index is 12.3. The molecule has 5 N–H and O–H groups in total. The van der Waals surface area contributed by atoms with E-state index in [1.807, 2.05) is 4.90 Å². The highest BCUT2D eigenvalue weighted by Gasteiger charge is 2.29. The maximum atomic E-state index is 12.3. The third-order valence-corrected chi connectivity index (χ3v) is 6.91. The van der Waals surface area contributed by atoms with Crippen molar-refractivity contribution >= 4 is 39.0 Å². The first kappa shape index (κ1) is 22.9. The highest BCUT2D eigenvalue weighted by atomic mass is 32.2. The zero-order valence-corrected chi connectivity index (χ0v) is 19.1. The Kier molecular flexibility index (Phi) is 6.47. The second-order valence-electron chi connectivity index (χ2n) is 8.36. The number of primary amides is 1. The number of nitrogens with zero attached hydrogens (tertiary/aromatic N) is 3. The van der Waals surface area contributed by atoms with Crippen molar-refractivity contribution in [3.05, 3.63) is 36.2 Å². The fourth-order valence-electron chi connectivity index (χ4n) is 3.82. The van der Waals surface area contributed by atoms with Gasteiger partial charge in [-0.25, -0.2) is 18.4 Å². The van der Waals surface area contributed by atoms with Crippen LogP contribution < -0.4 is 26.6 Å². The Morgan fingerprint density at radius 3 is 2.55 bits per heavy atom. The minimum absolute atomic E-state index is 0.00409. The molecule has 1 atom stereocenters. The second-order valence-corrected chi connectivity index (χ2v) is 10.4. The monoisotopic (exact) mass is 473 g/mol. The van der Waals surface area contributed by atoms with Gasteiger partial charge in [-0.1, -0.05) is 0 Å². The first-order valence-corrected chi connectivity index (χ1v) is 12.6. The number of piperidine rings is 1. The molecule has 0 bridgehead atoms. The SMILES string of the molecule is CS(=O)(=O)c1ccc(Nc2nc(N3CCCC(NC(=O)C4CNC4)C3)cnc2C(N)=O)cc1. The minimum Gasteiger partial charge on any atom is -0.364 e. The lowest BCUT2D eigenvalue weighted by molar-refractivity contribution is -0.127. The summed E-state index contributed by atoms with van der Waals surface area (Å²) in [6, 6.07) is 6.10. The lowest BCUT2D eigenvalue weighted by Gasteiger charge is -2.35. The number of amides is 2. The Morgan fingerprint density at radius 2 is 1.94 bits per heavy atom. The van der Waals surface area contributed by atoms with Gasteiger partial charge in [0.2, 0.25) is 5.91 Å². The van der Waals surface area contributed by atoms with Crippen LogP contribution in [0.2, 0.25) is 0 Å². The van der Waals surface area contributed by atoms with Gasteiger partial charge in [0.15, 0.2) is 21.3 Å². The summed E-state index contributed by atoms with van der Waals surface area (Å²) in [6.07, 6.45) is 4.39. The molecule has 33 heavy (non-hydrogen) atoms. The first-order chi connectivity index (χ1) is 15.7. The van der Waals surface area contributed by atoms with Crippen LogP contribution in [0.1, 0.15) is 23.3 Å². The molecule has 2 aliphatic rings. The number of aromatic nitrogens is 2. The summed E-state index contributed by atoms with van der Waals surface area (Å²) in [7, 11) is -3.32. The lowest BCUT2D eigenvalue weighted by Crippen LogP contribution is -2.55. The summed E-state index contributed by atoms with van der Waals surface area (Å²) < 4.78 is 23.4. The average Bonchev–Trinajstić information content (AvgIpc) is 2.72. The van der Waals surface area contributed by atoms with Gasteiger partial charge in [-0.3, -0.25) is 9.59 Å². The van der Waals surface area contributed by atoms with Gasteiger partial charge in [0, 0.05) is 44.2 Å². The topological polar surface area (TPSA) is 159 Å². The van der Waals surface area contributed by atoms with Gasteiger partial charge >= 0.3 is 0 Å². The molecule has 4 rings (SSSR count). The first-order valence-electron chi connectivity index (χ1n) is 10.7. The Morgan fingerprint density at radius 1 is 1.21 bits per heavy atom. The van der Waals surface area contributed by atoms with Crippen molar-refractivity contribution in [1.29, 1.82) is 0 Å². The van der Waals surface area contributed by atoms with E-state index in [1.165, 1.54) is 18.3 Å². The molecule has 0 saturated carbocycles. The summed E-state index contributed by atoms with van der Waals surface area (Å²) in [6.45, 7) is 2.74. The van der Waals surface area contributed by atoms with Gasteiger partial charge in [0.05, 0.1) is 17.0 Å². The van der Waals surface area contributed by atoms with Crippen LogP contribution in [-0.2, 0) is 14.6 Å². The van der Waals surface area contributed by atoms with Crippen LogP contribution in [0.5, 0.6) is 0 Å². The molecule has 12 heteroatoms. The number of hydrogen-bond donors (Lipinski definition) is 4. The maximum Gasteiger partial charge on any atom is 0.271 e. The summed E-state index contributed by atoms with van der Waals surface area (Å²) in [5, 5.41) is 9.23. The fraction of sp³-hybridized carbons (Fsp3) is 0.429. The van der Waals surface area contributed by atoms with Crippen LogP contribution in [0.15, 0.2) is 35.4 Å². The molecule has 0 spiro atoms. The number of rotatable bonds is 7. The van der Waals surface area contributed by atoms with Crippen molar-refractivity contribution in [1.82, 2.24) is 20.6 Å². The van der Waals surface area contributed by atoms with Gasteiger partial charge in [-0.05, 0) is 37.1 Å². The summed E-state index contributed by atoms with van der Waals surface area (Å²) in [4.78, 5) is 35.2. The smallest absolute Gasteiger partial charge is 0.271 e. The summed E-state index contributed by atoms with van der Waals surface area (Å²) in [5.41, 5.74) is 5.99. The molecule has 3 heterocycles. The zero-order valence-electron chi connectivity index (χ0n) is 18.2. The number of benzene rings is 1. The van der Waals surface area contributed by atoms with Gasteiger partial charge < -0.3 is 26.6 Å². The average molecular weight is 474 g/mol. The van der Waals surface area contributed by atoms with Gasteiger partial charge in [0.25, 0.3) is 5.91 Å². The molecule has 2 fully saturated rings. The van der Waals surface area contributed by atoms with Gasteiger partial charge in [-0.15, -0.1) is 0 Å². The molecular weight excluding hydrogens is 446 g/mol. The summed E-state index contributed by atoms with van der Waals surface area (Å²) >= 11 is 0. The van der Waals surface area contributed by atoms with E-state index >= 15 is 0 Å². The highest BCUT2D eigenvalue weighted by Crippen LogP contribution is 2.24. The minimum atomic E-state index is -3.32. The molecule has 1 aromatic carbocycles. The van der Waals surface area contributed by atoms with Gasteiger partial charge in [-0.2, -0.15) is 0 Å². The molecule has 2 aromatic rings. The Bertz CT molecular complexity index is 1150. The zero-order chi connectivity index (χ0) is 23.6. The van der Waals surface area contributed by atoms with Crippen LogP contribution >= 0.6 is 0 Å². The number of sulfone groups is 1. The molecule has 0 radical (unpaired) electrons. The largest absolute Gasteiger partial charge is 0.364 e. The number of nitrogens with two attached hydrogens (primary N) is 1. The lowest BCUT2D eigenvalue weighted by atomic mass is 10.00. The van der Waals surface area contributed by atoms with Crippen LogP contribution in [-0.4, -0.2) is 68.7 Å². The number of carbonyl (C=O) groups excluding carboxylic acids is 2. The van der Waals surface area contributed by atoms with Crippen LogP contribution in [0.3, 0.4) is 0 Å². The number of hydrogen-bond acceptors (Lipinski definition) is 9. The van der Waals surface area contributed by atoms with Crippen molar-refractivity contribution in [2.24, 2.45) is 11.7 Å². The molecule has 11 nitrogen and oxygen atoms in total. The predicted molar refractivity (Wildman–Crippen MR) is 123 cm³/mol. The van der Waals surface area contributed by atoms with Crippen LogP contribution in [0.4, 0.5) is 17.3 Å². The van der Waals surface area contributed by atoms with Crippen molar-refractivity contribution in [2.75, 3.05) is 42.7 Å². The van der Waals surface area contributed by atoms with Crippen LogP contribution in [0.25, 0.3) is 0 Å². The fourth-order valence-corrected chi connectivity index (χ4v) is 4.45. The van der Waals surface area contributed by atoms with E-state index in [4.69, 9.17) is 5.73 Å². The van der Waals surface area contributed by atoms with E-state index in [2.05, 4.69) is 25.9 Å². The molecule has 0 aliphatic carbocycles. The van der Waals surface area contributed by atoms with Crippen LogP contribution in [0, 0.1) is 5.92 Å². The van der Waals surface area contributed by atoms with E-state index in [0.29, 0.717) is 31.1 Å². The standard InChI is InChI=1S/C21H27N7O4S/c1-33(31,32)16-6-4-14(5-7-16)25-20-18(19(22)29)24-11-17(27-20)28-8-2-3-15(12-28)26-21(30)13-9-23-10-13/h4-7,11,13,15,23H,2-3,8-10,12H2,1H3,(H2,22,29)(H,25,27)(H,26,30). The van der Waals surface area contributed by atoms with E-state index in [9.17, 15) is 18.0 Å². The Hall–Kier alpha value is -3.25. The molecule has 1 unspecified atom stereocenters. The molecule has 176 valence electrons. The number of anilines is 3. The van der Waals surface area contributed by atoms with E-state index in [-0.39, 0.29) is 34.3 Å². The molecule has 2 amide bonds. The van der Waals surface area contributed by atoms with Gasteiger partial charge in [0.1, 0.15) is 5.82 Å². The molecule has 1 aromatic heterocycles. The Labute approximate surface area is 192 Å². The molecule has 2 saturated heterocycles.